The molecule has 0 aliphatic rings. The second-order valence-corrected chi connectivity index (χ2v) is 17.8. The summed E-state index contributed by atoms with van der Waals surface area (Å²) in [6, 6.07) is 0. The molecule has 1 atom stereocenters. The summed E-state index contributed by atoms with van der Waals surface area (Å²) in [5.41, 5.74) is 0. The van der Waals surface area contributed by atoms with Gasteiger partial charge in [-0.05, 0) is 70.6 Å². The lowest BCUT2D eigenvalue weighted by Gasteiger charge is -2.18. The highest BCUT2D eigenvalue weighted by Gasteiger charge is 2.19. The minimum atomic E-state index is -0.810. The van der Waals surface area contributed by atoms with Crippen molar-refractivity contribution in [1.82, 2.24) is 0 Å². The van der Waals surface area contributed by atoms with Gasteiger partial charge >= 0.3 is 17.9 Å². The number of allylic oxidation sites excluding steroid dienone is 10. The molecule has 6 nitrogen and oxygen atoms in total. The second kappa shape index (κ2) is 51.7. The van der Waals surface area contributed by atoms with Gasteiger partial charge in [0.2, 0.25) is 0 Å². The Morgan fingerprint density at radius 3 is 1.03 bits per heavy atom. The number of esters is 3. The fourth-order valence-corrected chi connectivity index (χ4v) is 7.51. The molecule has 0 aromatic rings. The molecule has 0 radical (unpaired) electrons. The van der Waals surface area contributed by atoms with Crippen molar-refractivity contribution in [2.45, 2.75) is 271 Å². The summed E-state index contributed by atoms with van der Waals surface area (Å²) in [6.07, 6.45) is 63.7. The van der Waals surface area contributed by atoms with Crippen molar-refractivity contribution in [3.63, 3.8) is 0 Å². The van der Waals surface area contributed by atoms with Crippen LogP contribution in [0.5, 0.6) is 0 Å². The Hall–Kier alpha value is -2.89. The summed E-state index contributed by atoms with van der Waals surface area (Å²) in [4.78, 5) is 37.9. The summed E-state index contributed by atoms with van der Waals surface area (Å²) in [5.74, 6) is -0.978. The molecule has 0 spiro atoms. The van der Waals surface area contributed by atoms with E-state index in [1.165, 1.54) is 154 Å². The lowest BCUT2D eigenvalue weighted by Crippen LogP contribution is -2.30. The van der Waals surface area contributed by atoms with Gasteiger partial charge in [-0.15, -0.1) is 0 Å². The van der Waals surface area contributed by atoms with E-state index in [0.717, 1.165) is 64.2 Å². The molecule has 0 aromatic heterocycles. The fraction of sp³-hybridized carbons (Fsp3) is 0.772. The second-order valence-electron chi connectivity index (χ2n) is 17.8. The van der Waals surface area contributed by atoms with Crippen LogP contribution < -0.4 is 0 Å². The molecule has 0 bridgehead atoms. The number of unbranched alkanes of at least 4 members (excludes halogenated alkanes) is 27. The summed E-state index contributed by atoms with van der Waals surface area (Å²) in [7, 11) is 0. The van der Waals surface area contributed by atoms with Gasteiger partial charge in [0, 0.05) is 19.3 Å². The van der Waals surface area contributed by atoms with Gasteiger partial charge < -0.3 is 14.2 Å². The average Bonchev–Trinajstić information content (AvgIpc) is 3.28. The van der Waals surface area contributed by atoms with Gasteiger partial charge in [-0.2, -0.15) is 0 Å². The van der Waals surface area contributed by atoms with Crippen LogP contribution in [0.15, 0.2) is 60.8 Å². The zero-order valence-corrected chi connectivity index (χ0v) is 41.6. The first-order chi connectivity index (χ1) is 31.0. The number of rotatable bonds is 48. The quantitative estimate of drug-likeness (QED) is 0.0262. The van der Waals surface area contributed by atoms with Crippen molar-refractivity contribution in [2.75, 3.05) is 13.2 Å². The van der Waals surface area contributed by atoms with Crippen LogP contribution in [0.4, 0.5) is 0 Å². The first kappa shape index (κ1) is 60.1. The maximum atomic E-state index is 12.7. The standard InChI is InChI=1S/C57H100O6/c1-4-7-10-13-16-19-22-25-26-27-28-29-30-33-35-38-41-44-47-50-56(59)62-53-54(63-57(60)51-48-45-42-39-36-32-24-21-18-15-12-9-6-3)52-61-55(58)49-46-43-40-37-34-31-23-20-17-14-11-8-5-2/h9,12,18,21,25-26,32,36,42,45,54H,4-8,10-11,13-17,19-20,22-24,27-31,33-35,37-41,43-44,46-53H2,1-3H3/b12-9-,21-18-,26-25-,36-32-,45-42-. The van der Waals surface area contributed by atoms with Gasteiger partial charge in [0.15, 0.2) is 6.10 Å². The van der Waals surface area contributed by atoms with Crippen molar-refractivity contribution in [2.24, 2.45) is 0 Å². The highest BCUT2D eigenvalue weighted by Crippen LogP contribution is 2.15. The number of hydrogen-bond donors (Lipinski definition) is 0. The summed E-state index contributed by atoms with van der Waals surface area (Å²) in [5, 5.41) is 0. The van der Waals surface area contributed by atoms with Crippen LogP contribution >= 0.6 is 0 Å². The number of hydrogen-bond acceptors (Lipinski definition) is 6. The molecule has 0 fully saturated rings. The predicted octanol–water partition coefficient (Wildman–Crippen LogP) is 17.6. The number of carbonyl (C=O) groups excluding carboxylic acids is 3. The zero-order valence-electron chi connectivity index (χ0n) is 41.6. The van der Waals surface area contributed by atoms with Crippen LogP contribution in [0, 0.1) is 0 Å². The maximum Gasteiger partial charge on any atom is 0.306 e. The van der Waals surface area contributed by atoms with Gasteiger partial charge in [0.1, 0.15) is 13.2 Å². The van der Waals surface area contributed by atoms with Crippen molar-refractivity contribution < 1.29 is 28.6 Å². The Kier molecular flexibility index (Phi) is 49.4. The van der Waals surface area contributed by atoms with Crippen molar-refractivity contribution in [3.05, 3.63) is 60.8 Å². The highest BCUT2D eigenvalue weighted by atomic mass is 16.6. The molecule has 0 saturated carbocycles. The van der Waals surface area contributed by atoms with E-state index >= 15 is 0 Å². The lowest BCUT2D eigenvalue weighted by atomic mass is 10.0. The maximum absolute atomic E-state index is 12.7. The van der Waals surface area contributed by atoms with Crippen LogP contribution in [0.25, 0.3) is 0 Å². The average molecular weight is 881 g/mol. The molecule has 0 heterocycles. The van der Waals surface area contributed by atoms with Gasteiger partial charge in [0.05, 0.1) is 0 Å². The van der Waals surface area contributed by atoms with Crippen LogP contribution in [0.1, 0.15) is 265 Å². The topological polar surface area (TPSA) is 78.9 Å². The molecular weight excluding hydrogens is 781 g/mol. The van der Waals surface area contributed by atoms with Gasteiger partial charge in [-0.1, -0.05) is 236 Å². The predicted molar refractivity (Wildman–Crippen MR) is 270 cm³/mol. The molecule has 0 aliphatic heterocycles. The largest absolute Gasteiger partial charge is 0.462 e. The highest BCUT2D eigenvalue weighted by molar-refractivity contribution is 5.71. The van der Waals surface area contributed by atoms with Crippen molar-refractivity contribution in [1.29, 1.82) is 0 Å². The molecule has 0 N–H and O–H groups in total. The van der Waals surface area contributed by atoms with E-state index in [9.17, 15) is 14.4 Å². The Bertz CT molecular complexity index is 1150. The number of ether oxygens (including phenoxy) is 3. The van der Waals surface area contributed by atoms with E-state index in [-0.39, 0.29) is 37.5 Å². The minimum absolute atomic E-state index is 0.101. The smallest absolute Gasteiger partial charge is 0.306 e. The van der Waals surface area contributed by atoms with Crippen LogP contribution in [-0.2, 0) is 28.6 Å². The third-order valence-corrected chi connectivity index (χ3v) is 11.5. The van der Waals surface area contributed by atoms with Gasteiger partial charge in [0.25, 0.3) is 0 Å². The molecule has 0 aromatic carbocycles. The Balaban J connectivity index is 4.39. The van der Waals surface area contributed by atoms with E-state index in [4.69, 9.17) is 14.2 Å². The van der Waals surface area contributed by atoms with Crippen LogP contribution in [0.3, 0.4) is 0 Å². The first-order valence-corrected chi connectivity index (χ1v) is 26.8. The van der Waals surface area contributed by atoms with E-state index in [1.54, 1.807) is 0 Å². The van der Waals surface area contributed by atoms with Crippen molar-refractivity contribution >= 4 is 17.9 Å². The molecule has 63 heavy (non-hydrogen) atoms. The molecule has 6 heteroatoms. The molecule has 1 unspecified atom stereocenters. The van der Waals surface area contributed by atoms with E-state index in [2.05, 4.69) is 69.4 Å². The first-order valence-electron chi connectivity index (χ1n) is 26.8. The monoisotopic (exact) mass is 881 g/mol. The van der Waals surface area contributed by atoms with Gasteiger partial charge in [-0.25, -0.2) is 0 Å². The van der Waals surface area contributed by atoms with Crippen LogP contribution in [0.2, 0.25) is 0 Å². The Labute approximate surface area is 390 Å². The molecule has 0 aliphatic carbocycles. The third kappa shape index (κ3) is 50.0. The zero-order chi connectivity index (χ0) is 45.8. The summed E-state index contributed by atoms with van der Waals surface area (Å²) in [6.45, 7) is 6.47. The van der Waals surface area contributed by atoms with E-state index in [1.807, 2.05) is 12.2 Å². The van der Waals surface area contributed by atoms with Gasteiger partial charge in [-0.3, -0.25) is 14.4 Å². The Morgan fingerprint density at radius 1 is 0.333 bits per heavy atom. The fourth-order valence-electron chi connectivity index (χ4n) is 7.51. The van der Waals surface area contributed by atoms with E-state index in [0.29, 0.717) is 19.3 Å². The van der Waals surface area contributed by atoms with Crippen LogP contribution in [-0.4, -0.2) is 37.2 Å². The molecule has 364 valence electrons. The van der Waals surface area contributed by atoms with E-state index < -0.39 is 6.10 Å². The molecule has 0 amide bonds. The van der Waals surface area contributed by atoms with Crippen molar-refractivity contribution in [3.8, 4) is 0 Å². The third-order valence-electron chi connectivity index (χ3n) is 11.5. The Morgan fingerprint density at radius 2 is 0.651 bits per heavy atom. The molecular formula is C57H100O6. The molecule has 0 saturated heterocycles. The molecule has 0 rings (SSSR count). The number of carbonyl (C=O) groups is 3. The minimum Gasteiger partial charge on any atom is -0.462 e. The lowest BCUT2D eigenvalue weighted by molar-refractivity contribution is -0.166. The summed E-state index contributed by atoms with van der Waals surface area (Å²) < 4.78 is 16.7. The summed E-state index contributed by atoms with van der Waals surface area (Å²) >= 11 is 0. The normalized spacial score (nSPS) is 12.5. The SMILES string of the molecule is CC/C=C\C/C=C\C/C=C\C/C=C\CCC(=O)OC(COC(=O)CCCCCCCCCCC/C=C\CCCCCCCC)COC(=O)CCCCCCCCCCCCCCC.